The van der Waals surface area contributed by atoms with Gasteiger partial charge in [0.25, 0.3) is 0 Å². The Hall–Kier alpha value is -0.0800. The zero-order chi connectivity index (χ0) is 7.73. The van der Waals surface area contributed by atoms with Crippen LogP contribution in [0.2, 0.25) is 0 Å². The topological polar surface area (TPSA) is 15.3 Å². The molecule has 0 aromatic rings. The Kier molecular flexibility index (Phi) is 1.90. The van der Waals surface area contributed by atoms with Crippen LogP contribution in [0, 0.1) is 0 Å². The Labute approximate surface area is 69.0 Å². The van der Waals surface area contributed by atoms with Gasteiger partial charge >= 0.3 is 0 Å². The minimum atomic E-state index is 0.590. The smallest absolute Gasteiger partial charge is 0.0346 e. The molecule has 1 spiro atoms. The summed E-state index contributed by atoms with van der Waals surface area (Å²) in [6.07, 6.45) is 4.22. The average molecular weight is 154 g/mol. The number of likely N-dealkylation sites (tertiary alicyclic amines) is 1. The van der Waals surface area contributed by atoms with Gasteiger partial charge in [0.2, 0.25) is 0 Å². The van der Waals surface area contributed by atoms with Crippen LogP contribution in [0.25, 0.3) is 0 Å². The van der Waals surface area contributed by atoms with Gasteiger partial charge < -0.3 is 5.32 Å². The van der Waals surface area contributed by atoms with Crippen LogP contribution >= 0.6 is 0 Å². The first-order chi connectivity index (χ1) is 5.37. The second-order valence-electron chi connectivity index (χ2n) is 3.83. The molecule has 1 N–H and O–H groups in total. The van der Waals surface area contributed by atoms with Gasteiger partial charge in [0.15, 0.2) is 0 Å². The normalized spacial score (nSPS) is 39.0. The molecule has 0 aliphatic carbocycles. The van der Waals surface area contributed by atoms with Crippen molar-refractivity contribution in [3.05, 3.63) is 0 Å². The summed E-state index contributed by atoms with van der Waals surface area (Å²) >= 11 is 0. The van der Waals surface area contributed by atoms with Crippen LogP contribution < -0.4 is 5.32 Å². The molecule has 11 heavy (non-hydrogen) atoms. The Morgan fingerprint density at radius 1 is 1.45 bits per heavy atom. The van der Waals surface area contributed by atoms with Crippen molar-refractivity contribution in [2.24, 2.45) is 0 Å². The molecule has 1 atom stereocenters. The van der Waals surface area contributed by atoms with Gasteiger partial charge in [0.1, 0.15) is 0 Å². The van der Waals surface area contributed by atoms with E-state index in [1.54, 1.807) is 0 Å². The van der Waals surface area contributed by atoms with Crippen molar-refractivity contribution in [2.45, 2.75) is 31.7 Å². The Morgan fingerprint density at radius 3 is 2.82 bits per heavy atom. The molecule has 0 saturated carbocycles. The molecule has 0 radical (unpaired) electrons. The van der Waals surface area contributed by atoms with Gasteiger partial charge in [-0.05, 0) is 32.4 Å². The lowest BCUT2D eigenvalue weighted by molar-refractivity contribution is -0.0270. The third kappa shape index (κ3) is 1.09. The van der Waals surface area contributed by atoms with Crippen LogP contribution in [-0.4, -0.2) is 36.6 Å². The quantitative estimate of drug-likeness (QED) is 0.602. The molecule has 2 aliphatic rings. The molecule has 2 rings (SSSR count). The van der Waals surface area contributed by atoms with E-state index in [2.05, 4.69) is 17.1 Å². The predicted octanol–water partition coefficient (Wildman–Crippen LogP) is 0.834. The van der Waals surface area contributed by atoms with E-state index in [0.717, 1.165) is 0 Å². The Bertz CT molecular complexity index is 136. The first-order valence-corrected chi connectivity index (χ1v) is 4.83. The van der Waals surface area contributed by atoms with E-state index < -0.39 is 0 Å². The highest BCUT2D eigenvalue weighted by atomic mass is 15.3. The van der Waals surface area contributed by atoms with Crippen molar-refractivity contribution in [1.82, 2.24) is 10.2 Å². The van der Waals surface area contributed by atoms with Gasteiger partial charge in [-0.25, -0.2) is 0 Å². The molecule has 2 aliphatic heterocycles. The molecule has 0 amide bonds. The summed E-state index contributed by atoms with van der Waals surface area (Å²) in [4.78, 5) is 2.62. The number of hydrogen-bond acceptors (Lipinski definition) is 2. The zero-order valence-corrected chi connectivity index (χ0v) is 7.40. The highest BCUT2D eigenvalue weighted by molar-refractivity contribution is 5.02. The van der Waals surface area contributed by atoms with Gasteiger partial charge in [-0.2, -0.15) is 0 Å². The van der Waals surface area contributed by atoms with Crippen molar-refractivity contribution < 1.29 is 0 Å². The van der Waals surface area contributed by atoms with Crippen LogP contribution in [0.3, 0.4) is 0 Å². The van der Waals surface area contributed by atoms with E-state index in [1.165, 1.54) is 45.4 Å². The molecule has 2 saturated heterocycles. The summed E-state index contributed by atoms with van der Waals surface area (Å²) < 4.78 is 0. The van der Waals surface area contributed by atoms with Gasteiger partial charge in [-0.15, -0.1) is 0 Å². The SMILES string of the molecule is CCN1CCC12CCCNC2. The van der Waals surface area contributed by atoms with Gasteiger partial charge in [-0.1, -0.05) is 6.92 Å². The second kappa shape index (κ2) is 2.76. The Balaban J connectivity index is 1.97. The molecule has 0 aromatic carbocycles. The molecule has 2 fully saturated rings. The monoisotopic (exact) mass is 154 g/mol. The summed E-state index contributed by atoms with van der Waals surface area (Å²) in [5, 5.41) is 3.50. The van der Waals surface area contributed by atoms with Crippen LogP contribution in [0.4, 0.5) is 0 Å². The molecule has 2 heteroatoms. The predicted molar refractivity (Wildman–Crippen MR) is 46.7 cm³/mol. The van der Waals surface area contributed by atoms with Crippen molar-refractivity contribution in [3.63, 3.8) is 0 Å². The van der Waals surface area contributed by atoms with E-state index >= 15 is 0 Å². The van der Waals surface area contributed by atoms with Crippen LogP contribution in [0.5, 0.6) is 0 Å². The van der Waals surface area contributed by atoms with E-state index in [9.17, 15) is 0 Å². The number of likely N-dealkylation sites (N-methyl/N-ethyl adjacent to an activating group) is 1. The summed E-state index contributed by atoms with van der Waals surface area (Å²) in [6.45, 7) is 7.32. The van der Waals surface area contributed by atoms with Crippen LogP contribution in [0.15, 0.2) is 0 Å². The van der Waals surface area contributed by atoms with Crippen LogP contribution in [-0.2, 0) is 0 Å². The standard InChI is InChI=1S/C9H18N2/c1-2-11-7-5-9(11)4-3-6-10-8-9/h10H,2-8H2,1H3. The minimum absolute atomic E-state index is 0.590. The first kappa shape index (κ1) is 7.56. The largest absolute Gasteiger partial charge is 0.315 e. The summed E-state index contributed by atoms with van der Waals surface area (Å²) in [5.41, 5.74) is 0.590. The third-order valence-corrected chi connectivity index (χ3v) is 3.35. The van der Waals surface area contributed by atoms with Gasteiger partial charge in [0.05, 0.1) is 0 Å². The molecule has 0 aromatic heterocycles. The lowest BCUT2D eigenvalue weighted by Crippen LogP contribution is -2.66. The second-order valence-corrected chi connectivity index (χ2v) is 3.83. The molecular formula is C9H18N2. The molecular weight excluding hydrogens is 136 g/mol. The molecule has 64 valence electrons. The highest BCUT2D eigenvalue weighted by Crippen LogP contribution is 2.35. The molecule has 2 nitrogen and oxygen atoms in total. The molecule has 2 heterocycles. The summed E-state index contributed by atoms with van der Waals surface area (Å²) in [5.74, 6) is 0. The lowest BCUT2D eigenvalue weighted by Gasteiger charge is -2.55. The first-order valence-electron chi connectivity index (χ1n) is 4.83. The van der Waals surface area contributed by atoms with E-state index in [4.69, 9.17) is 0 Å². The van der Waals surface area contributed by atoms with Gasteiger partial charge in [-0.3, -0.25) is 4.90 Å². The lowest BCUT2D eigenvalue weighted by atomic mass is 9.78. The van der Waals surface area contributed by atoms with Gasteiger partial charge in [0, 0.05) is 18.6 Å². The fourth-order valence-electron chi connectivity index (χ4n) is 2.51. The molecule has 1 unspecified atom stereocenters. The van der Waals surface area contributed by atoms with E-state index in [1.807, 2.05) is 0 Å². The third-order valence-electron chi connectivity index (χ3n) is 3.35. The van der Waals surface area contributed by atoms with Crippen molar-refractivity contribution in [1.29, 1.82) is 0 Å². The van der Waals surface area contributed by atoms with Crippen molar-refractivity contribution in [3.8, 4) is 0 Å². The van der Waals surface area contributed by atoms with E-state index in [-0.39, 0.29) is 0 Å². The number of piperidine rings is 1. The number of nitrogens with zero attached hydrogens (tertiary/aromatic N) is 1. The number of nitrogens with one attached hydrogen (secondary N) is 1. The fourth-order valence-corrected chi connectivity index (χ4v) is 2.51. The maximum Gasteiger partial charge on any atom is 0.0346 e. The summed E-state index contributed by atoms with van der Waals surface area (Å²) in [7, 11) is 0. The number of rotatable bonds is 1. The zero-order valence-electron chi connectivity index (χ0n) is 7.40. The van der Waals surface area contributed by atoms with E-state index in [0.29, 0.717) is 5.54 Å². The fraction of sp³-hybridized carbons (Fsp3) is 1.00. The highest BCUT2D eigenvalue weighted by Gasteiger charge is 2.43. The van der Waals surface area contributed by atoms with Crippen molar-refractivity contribution >= 4 is 0 Å². The summed E-state index contributed by atoms with van der Waals surface area (Å²) in [6, 6.07) is 0. The number of hydrogen-bond donors (Lipinski definition) is 1. The Morgan fingerprint density at radius 2 is 2.36 bits per heavy atom. The molecule has 0 bridgehead atoms. The maximum absolute atomic E-state index is 3.50. The van der Waals surface area contributed by atoms with Crippen molar-refractivity contribution in [2.75, 3.05) is 26.2 Å². The maximum atomic E-state index is 3.50. The average Bonchev–Trinajstić information content (AvgIpc) is 2.05. The van der Waals surface area contributed by atoms with Crippen LogP contribution in [0.1, 0.15) is 26.2 Å². The minimum Gasteiger partial charge on any atom is -0.315 e.